The number of unbranched alkanes of at least 4 members (excludes halogenated alkanes) is 17. The predicted molar refractivity (Wildman–Crippen MR) is 306 cm³/mol. The molecule has 400 valence electrons. The summed E-state index contributed by atoms with van der Waals surface area (Å²) in [5.74, 6) is -1.02. The summed E-state index contributed by atoms with van der Waals surface area (Å²) in [6, 6.07) is 0. The van der Waals surface area contributed by atoms with Crippen LogP contribution in [0.1, 0.15) is 239 Å². The second-order valence-corrected chi connectivity index (χ2v) is 18.4. The van der Waals surface area contributed by atoms with Gasteiger partial charge in [-0.05, 0) is 128 Å². The van der Waals surface area contributed by atoms with Gasteiger partial charge in [0.05, 0.1) is 0 Å². The van der Waals surface area contributed by atoms with Crippen molar-refractivity contribution in [3.63, 3.8) is 0 Å². The van der Waals surface area contributed by atoms with Gasteiger partial charge in [0.1, 0.15) is 13.2 Å². The maximum Gasteiger partial charge on any atom is 0.306 e. The number of ether oxygens (including phenoxy) is 3. The maximum atomic E-state index is 12.8. The van der Waals surface area contributed by atoms with Gasteiger partial charge in [-0.2, -0.15) is 0 Å². The molecule has 0 N–H and O–H groups in total. The molecular formula is C65H104O6. The Kier molecular flexibility index (Phi) is 54.5. The van der Waals surface area contributed by atoms with E-state index in [0.717, 1.165) is 116 Å². The molecule has 1 atom stereocenters. The highest BCUT2D eigenvalue weighted by atomic mass is 16.6. The van der Waals surface area contributed by atoms with Gasteiger partial charge in [0.15, 0.2) is 6.10 Å². The molecule has 0 aliphatic heterocycles. The van der Waals surface area contributed by atoms with E-state index in [9.17, 15) is 14.4 Å². The van der Waals surface area contributed by atoms with Crippen LogP contribution in [-0.4, -0.2) is 37.2 Å². The van der Waals surface area contributed by atoms with Crippen molar-refractivity contribution in [1.29, 1.82) is 0 Å². The lowest BCUT2D eigenvalue weighted by Gasteiger charge is -2.18. The van der Waals surface area contributed by atoms with Crippen LogP contribution in [0.2, 0.25) is 0 Å². The highest BCUT2D eigenvalue weighted by Gasteiger charge is 2.19. The van der Waals surface area contributed by atoms with E-state index in [2.05, 4.69) is 154 Å². The summed E-state index contributed by atoms with van der Waals surface area (Å²) in [7, 11) is 0. The summed E-state index contributed by atoms with van der Waals surface area (Å²) < 4.78 is 16.8. The van der Waals surface area contributed by atoms with Gasteiger partial charge in [0.25, 0.3) is 0 Å². The van der Waals surface area contributed by atoms with Gasteiger partial charge in [-0.25, -0.2) is 0 Å². The summed E-state index contributed by atoms with van der Waals surface area (Å²) >= 11 is 0. The molecule has 0 aromatic rings. The smallest absolute Gasteiger partial charge is 0.306 e. The van der Waals surface area contributed by atoms with Crippen molar-refractivity contribution < 1.29 is 28.6 Å². The molecule has 71 heavy (non-hydrogen) atoms. The Bertz CT molecular complexity index is 1550. The summed E-state index contributed by atoms with van der Waals surface area (Å²) in [6.07, 6.45) is 81.6. The minimum absolute atomic E-state index is 0.118. The maximum absolute atomic E-state index is 12.8. The fourth-order valence-electron chi connectivity index (χ4n) is 7.38. The van der Waals surface area contributed by atoms with Crippen LogP contribution in [0.4, 0.5) is 0 Å². The number of carbonyl (C=O) groups is 3. The van der Waals surface area contributed by atoms with E-state index in [1.54, 1.807) is 0 Å². The van der Waals surface area contributed by atoms with Crippen LogP contribution in [-0.2, 0) is 28.6 Å². The first kappa shape index (κ1) is 66.6. The number of carbonyl (C=O) groups excluding carboxylic acids is 3. The number of allylic oxidation sites excluding steroid dienone is 22. The van der Waals surface area contributed by atoms with Gasteiger partial charge in [-0.3, -0.25) is 14.4 Å². The SMILES string of the molecule is CC/C=C/C/C=C/C/C=C/C/C=C/C/C=C/CCCCCC(=O)OC[C@@H](COC(=O)CCCCCCCCC/C=C/CCCCCCCC)OC(=O)CCC/C=C/C/C=C/C/C=C/C/C=C/C/C=C/CC. The average molecular weight is 982 g/mol. The number of hydrogen-bond donors (Lipinski definition) is 0. The predicted octanol–water partition coefficient (Wildman–Crippen LogP) is 19.4. The summed E-state index contributed by atoms with van der Waals surface area (Å²) in [5.41, 5.74) is 0. The monoisotopic (exact) mass is 981 g/mol. The number of hydrogen-bond acceptors (Lipinski definition) is 6. The Hall–Kier alpha value is -4.45. The minimum atomic E-state index is -0.829. The molecule has 0 unspecified atom stereocenters. The van der Waals surface area contributed by atoms with Crippen molar-refractivity contribution in [3.05, 3.63) is 134 Å². The molecule has 0 fully saturated rings. The third-order valence-corrected chi connectivity index (χ3v) is 11.6. The average Bonchev–Trinajstić information content (AvgIpc) is 3.37. The van der Waals surface area contributed by atoms with Crippen LogP contribution >= 0.6 is 0 Å². The molecule has 0 saturated carbocycles. The second kappa shape index (κ2) is 58.1. The Labute approximate surface area is 436 Å². The molecule has 0 aromatic heterocycles. The number of rotatable bonds is 50. The molecule has 0 radical (unpaired) electrons. The fraction of sp³-hybridized carbons (Fsp3) is 0.615. The van der Waals surface area contributed by atoms with E-state index in [-0.39, 0.29) is 37.5 Å². The molecule has 0 amide bonds. The molecular weight excluding hydrogens is 877 g/mol. The highest BCUT2D eigenvalue weighted by molar-refractivity contribution is 5.71. The molecule has 6 heteroatoms. The van der Waals surface area contributed by atoms with Crippen LogP contribution in [0.15, 0.2) is 134 Å². The van der Waals surface area contributed by atoms with E-state index in [0.29, 0.717) is 19.3 Å². The third kappa shape index (κ3) is 56.3. The molecule has 0 aromatic carbocycles. The van der Waals surface area contributed by atoms with Gasteiger partial charge in [-0.1, -0.05) is 225 Å². The van der Waals surface area contributed by atoms with Gasteiger partial charge in [-0.15, -0.1) is 0 Å². The minimum Gasteiger partial charge on any atom is -0.462 e. The van der Waals surface area contributed by atoms with Crippen molar-refractivity contribution >= 4 is 17.9 Å². The first-order valence-electron chi connectivity index (χ1n) is 28.7. The quantitative estimate of drug-likeness (QED) is 0.0262. The van der Waals surface area contributed by atoms with Crippen LogP contribution in [0.5, 0.6) is 0 Å². The van der Waals surface area contributed by atoms with Crippen LogP contribution in [0, 0.1) is 0 Å². The van der Waals surface area contributed by atoms with E-state index in [1.807, 2.05) is 0 Å². The van der Waals surface area contributed by atoms with E-state index < -0.39 is 6.10 Å². The van der Waals surface area contributed by atoms with Crippen molar-refractivity contribution in [2.24, 2.45) is 0 Å². The van der Waals surface area contributed by atoms with E-state index in [1.165, 1.54) is 77.0 Å². The lowest BCUT2D eigenvalue weighted by molar-refractivity contribution is -0.167. The van der Waals surface area contributed by atoms with Crippen molar-refractivity contribution in [1.82, 2.24) is 0 Å². The molecule has 0 rings (SSSR count). The first-order chi connectivity index (χ1) is 35.0. The van der Waals surface area contributed by atoms with Crippen LogP contribution in [0.25, 0.3) is 0 Å². The van der Waals surface area contributed by atoms with Crippen LogP contribution < -0.4 is 0 Å². The summed E-state index contributed by atoms with van der Waals surface area (Å²) in [6.45, 7) is 6.32. The molecule has 0 saturated heterocycles. The highest BCUT2D eigenvalue weighted by Crippen LogP contribution is 2.13. The first-order valence-corrected chi connectivity index (χ1v) is 28.7. The fourth-order valence-corrected chi connectivity index (χ4v) is 7.38. The molecule has 6 nitrogen and oxygen atoms in total. The lowest BCUT2D eigenvalue weighted by Crippen LogP contribution is -2.30. The van der Waals surface area contributed by atoms with Crippen molar-refractivity contribution in [2.75, 3.05) is 13.2 Å². The van der Waals surface area contributed by atoms with Gasteiger partial charge in [0, 0.05) is 19.3 Å². The Balaban J connectivity index is 4.56. The lowest BCUT2D eigenvalue weighted by atomic mass is 10.1. The second-order valence-electron chi connectivity index (χ2n) is 18.4. The summed E-state index contributed by atoms with van der Waals surface area (Å²) in [5, 5.41) is 0. The van der Waals surface area contributed by atoms with Gasteiger partial charge in [0.2, 0.25) is 0 Å². The van der Waals surface area contributed by atoms with Crippen molar-refractivity contribution in [3.8, 4) is 0 Å². The molecule has 0 bridgehead atoms. The standard InChI is InChI=1S/C65H104O6/c1-4-7-10-13-16-19-22-25-28-31-32-35-37-40-43-46-49-52-55-58-64(67)70-61-62(71-65(68)59-56-53-50-47-44-41-38-34-30-27-24-21-18-15-12-9-6-3)60-69-63(66)57-54-51-48-45-42-39-36-33-29-26-23-20-17-14-11-8-5-2/h7,9-10,12,16,18-19,21,25-30,32,35,38,40-41,43,47,50,62H,4-6,8,11,13-15,17,20,22-24,31,33-34,36-37,39,42,44-46,48-49,51-61H2,1-3H3/b10-7+,12-9+,19-16+,21-18+,28-25+,29-26+,30-27+,35-32+,41-38+,43-40+,50-47+/t62-/m1/s1. The zero-order valence-electron chi connectivity index (χ0n) is 45.7. The topological polar surface area (TPSA) is 78.9 Å². The van der Waals surface area contributed by atoms with E-state index in [4.69, 9.17) is 14.2 Å². The normalized spacial score (nSPS) is 13.1. The Morgan fingerprint density at radius 2 is 0.563 bits per heavy atom. The molecule has 0 aliphatic rings. The Morgan fingerprint density at radius 3 is 0.930 bits per heavy atom. The zero-order valence-corrected chi connectivity index (χ0v) is 45.7. The van der Waals surface area contributed by atoms with Gasteiger partial charge >= 0.3 is 17.9 Å². The zero-order chi connectivity index (χ0) is 51.4. The van der Waals surface area contributed by atoms with Crippen LogP contribution in [0.3, 0.4) is 0 Å². The summed E-state index contributed by atoms with van der Waals surface area (Å²) in [4.78, 5) is 38.2. The van der Waals surface area contributed by atoms with Gasteiger partial charge < -0.3 is 14.2 Å². The molecule has 0 aliphatic carbocycles. The van der Waals surface area contributed by atoms with E-state index >= 15 is 0 Å². The third-order valence-electron chi connectivity index (χ3n) is 11.6. The van der Waals surface area contributed by atoms with Crippen molar-refractivity contribution in [2.45, 2.75) is 245 Å². The molecule has 0 heterocycles. The molecule has 0 spiro atoms. The largest absolute Gasteiger partial charge is 0.462 e. The number of esters is 3. The Morgan fingerprint density at radius 1 is 0.296 bits per heavy atom.